The third-order valence-corrected chi connectivity index (χ3v) is 3.75. The Morgan fingerprint density at radius 1 is 1.29 bits per heavy atom. The third-order valence-electron chi connectivity index (χ3n) is 3.16. The van der Waals surface area contributed by atoms with Crippen molar-refractivity contribution in [1.82, 2.24) is 0 Å². The number of aryl methyl sites for hydroxylation is 2. The van der Waals surface area contributed by atoms with Crippen LogP contribution in [0.25, 0.3) is 0 Å². The fourth-order valence-electron chi connectivity index (χ4n) is 1.90. The van der Waals surface area contributed by atoms with Gasteiger partial charge in [-0.1, -0.05) is 18.5 Å². The molecule has 0 spiro atoms. The van der Waals surface area contributed by atoms with E-state index in [-0.39, 0.29) is 6.42 Å². The molecule has 0 saturated carbocycles. The largest absolute Gasteiger partial charge is 0.479 e. The van der Waals surface area contributed by atoms with Gasteiger partial charge in [-0.2, -0.15) is 0 Å². The zero-order chi connectivity index (χ0) is 16.2. The Hall–Kier alpha value is -1.59. The van der Waals surface area contributed by atoms with Gasteiger partial charge in [0.05, 0.1) is 5.92 Å². The van der Waals surface area contributed by atoms with Crippen molar-refractivity contribution in [2.75, 3.05) is 7.11 Å². The number of carboxylic acid groups (broad SMARTS) is 1. The first-order valence-electron chi connectivity index (χ1n) is 6.50. The van der Waals surface area contributed by atoms with Crippen LogP contribution in [-0.4, -0.2) is 30.3 Å². The minimum atomic E-state index is -1.10. The number of methoxy groups -OCH3 is 1. The standard InChI is InChI=1S/C15H19ClO5/c1-8-5-11(6-9(2)13(8)16)21-15(19)10(3)7-12(20-4)14(17)18/h5-6,10,12H,7H2,1-4H3,(H,17,18)/t10-,12-/m1/s1. The summed E-state index contributed by atoms with van der Waals surface area (Å²) < 4.78 is 10.1. The second kappa shape index (κ2) is 7.43. The van der Waals surface area contributed by atoms with E-state index in [1.165, 1.54) is 7.11 Å². The monoisotopic (exact) mass is 314 g/mol. The maximum absolute atomic E-state index is 12.0. The fraction of sp³-hybridized carbons (Fsp3) is 0.467. The first-order valence-corrected chi connectivity index (χ1v) is 6.88. The molecule has 1 aromatic rings. The highest BCUT2D eigenvalue weighted by Crippen LogP contribution is 2.26. The predicted octanol–water partition coefficient (Wildman–Crippen LogP) is 2.99. The van der Waals surface area contributed by atoms with E-state index >= 15 is 0 Å². The van der Waals surface area contributed by atoms with E-state index in [1.54, 1.807) is 19.1 Å². The summed E-state index contributed by atoms with van der Waals surface area (Å²) in [5.41, 5.74) is 1.62. The second-order valence-electron chi connectivity index (χ2n) is 4.99. The number of esters is 1. The average Bonchev–Trinajstić information content (AvgIpc) is 2.41. The Morgan fingerprint density at radius 3 is 2.24 bits per heavy atom. The molecule has 0 bridgehead atoms. The van der Waals surface area contributed by atoms with Gasteiger partial charge >= 0.3 is 11.9 Å². The lowest BCUT2D eigenvalue weighted by molar-refractivity contribution is -0.151. The quantitative estimate of drug-likeness (QED) is 0.645. The maximum Gasteiger partial charge on any atom is 0.332 e. The minimum absolute atomic E-state index is 0.0518. The van der Waals surface area contributed by atoms with Gasteiger partial charge in [0.25, 0.3) is 0 Å². The number of ether oxygens (including phenoxy) is 2. The molecule has 0 amide bonds. The van der Waals surface area contributed by atoms with E-state index in [9.17, 15) is 9.59 Å². The number of benzene rings is 1. The van der Waals surface area contributed by atoms with E-state index in [0.29, 0.717) is 10.8 Å². The Kier molecular flexibility index (Phi) is 6.18. The van der Waals surface area contributed by atoms with Crippen LogP contribution in [0.2, 0.25) is 5.02 Å². The molecule has 116 valence electrons. The summed E-state index contributed by atoms with van der Waals surface area (Å²) in [5, 5.41) is 9.54. The van der Waals surface area contributed by atoms with Gasteiger partial charge in [-0.25, -0.2) is 4.79 Å². The van der Waals surface area contributed by atoms with E-state index in [0.717, 1.165) is 11.1 Å². The van der Waals surface area contributed by atoms with E-state index < -0.39 is 24.0 Å². The second-order valence-corrected chi connectivity index (χ2v) is 5.37. The highest BCUT2D eigenvalue weighted by atomic mass is 35.5. The number of rotatable bonds is 6. The van der Waals surface area contributed by atoms with E-state index in [1.807, 2.05) is 13.8 Å². The van der Waals surface area contributed by atoms with Crippen LogP contribution in [0, 0.1) is 19.8 Å². The van der Waals surface area contributed by atoms with Gasteiger partial charge in [-0.3, -0.25) is 4.79 Å². The number of hydrogen-bond acceptors (Lipinski definition) is 4. The van der Waals surface area contributed by atoms with Crippen molar-refractivity contribution in [3.05, 3.63) is 28.3 Å². The van der Waals surface area contributed by atoms with Crippen LogP contribution in [0.15, 0.2) is 12.1 Å². The number of carbonyl (C=O) groups is 2. The van der Waals surface area contributed by atoms with Crippen molar-refractivity contribution < 1.29 is 24.2 Å². The molecule has 6 heteroatoms. The summed E-state index contributed by atoms with van der Waals surface area (Å²) in [4.78, 5) is 22.9. The summed E-state index contributed by atoms with van der Waals surface area (Å²) in [6.45, 7) is 5.25. The molecule has 2 atom stereocenters. The van der Waals surface area contributed by atoms with Crippen LogP contribution in [0.4, 0.5) is 0 Å². The minimum Gasteiger partial charge on any atom is -0.479 e. The molecule has 21 heavy (non-hydrogen) atoms. The third kappa shape index (κ3) is 4.72. The highest BCUT2D eigenvalue weighted by Gasteiger charge is 2.25. The molecule has 0 radical (unpaired) electrons. The van der Waals surface area contributed by atoms with Crippen molar-refractivity contribution >= 4 is 23.5 Å². The van der Waals surface area contributed by atoms with Crippen molar-refractivity contribution in [1.29, 1.82) is 0 Å². The SMILES string of the molecule is CO[C@H](C[C@@H](C)C(=O)Oc1cc(C)c(Cl)c(C)c1)C(=O)O. The van der Waals surface area contributed by atoms with Gasteiger partial charge in [0, 0.05) is 12.1 Å². The Balaban J connectivity index is 2.74. The summed E-state index contributed by atoms with van der Waals surface area (Å²) >= 11 is 6.05. The molecular weight excluding hydrogens is 296 g/mol. The van der Waals surface area contributed by atoms with Gasteiger partial charge in [0.1, 0.15) is 5.75 Å². The summed E-state index contributed by atoms with van der Waals surface area (Å²) in [6, 6.07) is 3.34. The van der Waals surface area contributed by atoms with Crippen LogP contribution < -0.4 is 4.74 Å². The normalized spacial score (nSPS) is 13.6. The van der Waals surface area contributed by atoms with Gasteiger partial charge in [-0.05, 0) is 43.5 Å². The van der Waals surface area contributed by atoms with Crippen molar-refractivity contribution in [2.24, 2.45) is 5.92 Å². The van der Waals surface area contributed by atoms with Gasteiger partial charge in [0.2, 0.25) is 0 Å². The lowest BCUT2D eigenvalue weighted by Gasteiger charge is -2.16. The van der Waals surface area contributed by atoms with Gasteiger partial charge in [0.15, 0.2) is 6.10 Å². The maximum atomic E-state index is 12.0. The lowest BCUT2D eigenvalue weighted by Crippen LogP contribution is -2.29. The number of halogens is 1. The van der Waals surface area contributed by atoms with Gasteiger partial charge < -0.3 is 14.6 Å². The lowest BCUT2D eigenvalue weighted by atomic mass is 10.0. The molecule has 0 saturated heterocycles. The van der Waals surface area contributed by atoms with Crippen molar-refractivity contribution in [3.63, 3.8) is 0 Å². The van der Waals surface area contributed by atoms with Crippen LogP contribution in [0.1, 0.15) is 24.5 Å². The van der Waals surface area contributed by atoms with Crippen LogP contribution >= 0.6 is 11.6 Å². The molecule has 1 aromatic carbocycles. The molecule has 1 N–H and O–H groups in total. The Morgan fingerprint density at radius 2 is 1.81 bits per heavy atom. The molecule has 0 aromatic heterocycles. The number of carbonyl (C=O) groups excluding carboxylic acids is 1. The molecule has 0 aliphatic rings. The van der Waals surface area contributed by atoms with Gasteiger partial charge in [-0.15, -0.1) is 0 Å². The topological polar surface area (TPSA) is 72.8 Å². The zero-order valence-corrected chi connectivity index (χ0v) is 13.2. The van der Waals surface area contributed by atoms with Crippen molar-refractivity contribution in [2.45, 2.75) is 33.3 Å². The van der Waals surface area contributed by atoms with E-state index in [4.69, 9.17) is 26.2 Å². The number of hydrogen-bond donors (Lipinski definition) is 1. The zero-order valence-electron chi connectivity index (χ0n) is 12.5. The van der Waals surface area contributed by atoms with Crippen LogP contribution in [0.3, 0.4) is 0 Å². The Labute approximate surface area is 128 Å². The van der Waals surface area contributed by atoms with Crippen LogP contribution in [-0.2, 0) is 14.3 Å². The summed E-state index contributed by atoms with van der Waals surface area (Å²) in [7, 11) is 1.29. The summed E-state index contributed by atoms with van der Waals surface area (Å²) in [5.74, 6) is -1.80. The first-order chi connectivity index (χ1) is 9.76. The highest BCUT2D eigenvalue weighted by molar-refractivity contribution is 6.32. The summed E-state index contributed by atoms with van der Waals surface area (Å²) in [6.07, 6.45) is -0.975. The van der Waals surface area contributed by atoms with Crippen molar-refractivity contribution in [3.8, 4) is 5.75 Å². The molecule has 0 heterocycles. The fourth-order valence-corrected chi connectivity index (χ4v) is 2.01. The first kappa shape index (κ1) is 17.5. The molecule has 0 fully saturated rings. The molecule has 1 rings (SSSR count). The molecular formula is C15H19ClO5. The van der Waals surface area contributed by atoms with Crippen LogP contribution in [0.5, 0.6) is 5.75 Å². The molecule has 0 unspecified atom stereocenters. The Bertz CT molecular complexity index is 518. The predicted molar refractivity (Wildman–Crippen MR) is 78.8 cm³/mol. The smallest absolute Gasteiger partial charge is 0.332 e. The average molecular weight is 315 g/mol. The molecule has 0 aliphatic heterocycles. The van der Waals surface area contributed by atoms with E-state index in [2.05, 4.69) is 0 Å². The number of aliphatic carboxylic acids is 1. The number of carboxylic acids is 1. The molecule has 5 nitrogen and oxygen atoms in total. The molecule has 0 aliphatic carbocycles.